The first kappa shape index (κ1) is 34.9. The lowest BCUT2D eigenvalue weighted by atomic mass is 10.1. The summed E-state index contributed by atoms with van der Waals surface area (Å²) in [6.07, 6.45) is 1.24. The van der Waals surface area contributed by atoms with Crippen molar-refractivity contribution in [3.05, 3.63) is 75.3 Å². The maximum atomic E-state index is 14.2. The molecule has 5 aromatic rings. The summed E-state index contributed by atoms with van der Waals surface area (Å²) in [6, 6.07) is 4.49. The van der Waals surface area contributed by atoms with Gasteiger partial charge in [-0.05, 0) is 42.7 Å². The van der Waals surface area contributed by atoms with E-state index in [1.54, 1.807) is 15.7 Å². The monoisotopic (exact) mass is 739 g/mol. The van der Waals surface area contributed by atoms with Gasteiger partial charge in [0.1, 0.15) is 30.0 Å². The smallest absolute Gasteiger partial charge is 0.377 e. The molecule has 2 amide bonds. The van der Waals surface area contributed by atoms with Gasteiger partial charge < -0.3 is 34.7 Å². The predicted octanol–water partition coefficient (Wildman–Crippen LogP) is 3.60. The lowest BCUT2D eigenvalue weighted by Gasteiger charge is -2.37. The van der Waals surface area contributed by atoms with E-state index in [0.29, 0.717) is 80.9 Å². The molecule has 1 aromatic carbocycles. The van der Waals surface area contributed by atoms with Gasteiger partial charge in [-0.15, -0.1) is 5.10 Å². The Morgan fingerprint density at radius 3 is 2.63 bits per heavy atom. The van der Waals surface area contributed by atoms with E-state index in [4.69, 9.17) is 16.3 Å². The number of halogens is 4. The quantitative estimate of drug-likeness (QED) is 0.203. The van der Waals surface area contributed by atoms with Crippen LogP contribution in [0.5, 0.6) is 0 Å². The molecule has 0 spiro atoms. The Hall–Kier alpha value is -5.49. The number of fused-ring (bicyclic) bond motifs is 2. The molecule has 0 unspecified atom stereocenters. The number of nitrogens with zero attached hydrogens (tertiary/aromatic N) is 8. The second-order valence-electron chi connectivity index (χ2n) is 12.2. The van der Waals surface area contributed by atoms with Crippen molar-refractivity contribution in [3.63, 3.8) is 0 Å². The number of hydrogen-bond acceptors (Lipinski definition) is 10. The molecule has 0 atom stereocenters. The van der Waals surface area contributed by atoms with Crippen LogP contribution in [0.25, 0.3) is 22.4 Å². The van der Waals surface area contributed by atoms with Gasteiger partial charge in [0.2, 0.25) is 17.6 Å². The average Bonchev–Trinajstić information content (AvgIpc) is 3.81. The molecular formula is C33H33ClF3N11O4. The van der Waals surface area contributed by atoms with E-state index in [1.165, 1.54) is 10.8 Å². The maximum absolute atomic E-state index is 14.2. The van der Waals surface area contributed by atoms with E-state index in [-0.39, 0.29) is 35.5 Å². The molecule has 1 fully saturated rings. The first-order valence-corrected chi connectivity index (χ1v) is 16.9. The maximum Gasteiger partial charge on any atom is 0.416 e. The van der Waals surface area contributed by atoms with Crippen molar-refractivity contribution in [2.45, 2.75) is 32.5 Å². The summed E-state index contributed by atoms with van der Waals surface area (Å²) in [7, 11) is 0. The second-order valence-corrected chi connectivity index (χ2v) is 12.6. The van der Waals surface area contributed by atoms with Crippen LogP contribution in [0, 0.1) is 0 Å². The van der Waals surface area contributed by atoms with Crippen LogP contribution in [-0.2, 0) is 33.5 Å². The van der Waals surface area contributed by atoms with Crippen molar-refractivity contribution in [1.82, 2.24) is 39.0 Å². The summed E-state index contributed by atoms with van der Waals surface area (Å²) in [5.74, 6) is 0.236. The summed E-state index contributed by atoms with van der Waals surface area (Å²) in [6.45, 7) is 3.63. The number of hydrogen-bond donors (Lipinski definition) is 3. The van der Waals surface area contributed by atoms with Crippen LogP contribution in [0.3, 0.4) is 0 Å². The Bertz CT molecular complexity index is 2260. The first-order valence-electron chi connectivity index (χ1n) is 16.5. The zero-order chi connectivity index (χ0) is 36.6. The van der Waals surface area contributed by atoms with Gasteiger partial charge in [-0.2, -0.15) is 22.7 Å². The lowest BCUT2D eigenvalue weighted by Crippen LogP contribution is -2.52. The number of anilines is 3. The zero-order valence-corrected chi connectivity index (χ0v) is 28.6. The summed E-state index contributed by atoms with van der Waals surface area (Å²) in [5, 5.41) is 10.7. The Balaban J connectivity index is 1.15. The molecule has 2 aliphatic rings. The van der Waals surface area contributed by atoms with Crippen LogP contribution >= 0.6 is 11.6 Å². The number of aromatic nitrogens is 7. The fourth-order valence-corrected chi connectivity index (χ4v) is 6.61. The van der Waals surface area contributed by atoms with E-state index in [1.807, 2.05) is 24.0 Å². The van der Waals surface area contributed by atoms with Crippen molar-refractivity contribution in [1.29, 1.82) is 0 Å². The molecule has 272 valence electrons. The van der Waals surface area contributed by atoms with Gasteiger partial charge in [-0.3, -0.25) is 14.4 Å². The minimum absolute atomic E-state index is 0.00275. The fourth-order valence-electron chi connectivity index (χ4n) is 6.39. The van der Waals surface area contributed by atoms with Gasteiger partial charge in [0.25, 0.3) is 5.56 Å². The van der Waals surface area contributed by atoms with Gasteiger partial charge in [0, 0.05) is 32.4 Å². The molecule has 52 heavy (non-hydrogen) atoms. The van der Waals surface area contributed by atoms with Crippen LogP contribution < -0.4 is 21.1 Å². The number of piperazine rings is 1. The highest BCUT2D eigenvalue weighted by molar-refractivity contribution is 6.33. The summed E-state index contributed by atoms with van der Waals surface area (Å²) < 4.78 is 47.8. The molecule has 1 saturated heterocycles. The van der Waals surface area contributed by atoms with Crippen molar-refractivity contribution < 1.29 is 27.5 Å². The molecule has 6 heterocycles. The molecule has 0 radical (unpaired) electrons. The van der Waals surface area contributed by atoms with Crippen LogP contribution in [0.15, 0.2) is 47.7 Å². The molecular weight excluding hydrogens is 707 g/mol. The topological polar surface area (TPSA) is 168 Å². The van der Waals surface area contributed by atoms with Crippen LogP contribution in [0.1, 0.15) is 30.4 Å². The number of amides is 2. The van der Waals surface area contributed by atoms with Gasteiger partial charge >= 0.3 is 6.18 Å². The Kier molecular flexibility index (Phi) is 9.58. The van der Waals surface area contributed by atoms with Crippen molar-refractivity contribution in [2.24, 2.45) is 0 Å². The molecule has 4 aromatic heterocycles. The number of benzene rings is 1. The number of alkyl halides is 3. The largest absolute Gasteiger partial charge is 0.416 e. The Morgan fingerprint density at radius 2 is 1.92 bits per heavy atom. The highest BCUT2D eigenvalue weighted by Gasteiger charge is 2.32. The number of carbonyl (C=O) groups is 2. The third kappa shape index (κ3) is 6.90. The fraction of sp³-hybridized carbons (Fsp3) is 0.364. The van der Waals surface area contributed by atoms with Gasteiger partial charge in [0.05, 0.1) is 47.1 Å². The second kappa shape index (κ2) is 14.3. The Morgan fingerprint density at radius 1 is 1.12 bits per heavy atom. The van der Waals surface area contributed by atoms with Crippen molar-refractivity contribution >= 4 is 63.0 Å². The van der Waals surface area contributed by atoms with Crippen molar-refractivity contribution in [3.8, 4) is 0 Å². The number of aromatic amines is 1. The van der Waals surface area contributed by atoms with Crippen molar-refractivity contribution in [2.75, 3.05) is 61.5 Å². The highest BCUT2D eigenvalue weighted by atomic mass is 35.5. The van der Waals surface area contributed by atoms with Gasteiger partial charge in [0.15, 0.2) is 5.82 Å². The van der Waals surface area contributed by atoms with E-state index in [0.717, 1.165) is 29.2 Å². The molecule has 0 saturated carbocycles. The van der Waals surface area contributed by atoms with Crippen LogP contribution in [0.4, 0.5) is 30.4 Å². The summed E-state index contributed by atoms with van der Waals surface area (Å²) in [4.78, 5) is 60.6. The predicted molar refractivity (Wildman–Crippen MR) is 186 cm³/mol. The van der Waals surface area contributed by atoms with E-state index >= 15 is 0 Å². The van der Waals surface area contributed by atoms with Gasteiger partial charge in [-0.1, -0.05) is 24.6 Å². The van der Waals surface area contributed by atoms with E-state index < -0.39 is 23.2 Å². The van der Waals surface area contributed by atoms with Crippen LogP contribution in [0.2, 0.25) is 5.02 Å². The lowest BCUT2D eigenvalue weighted by molar-refractivity contribution is -0.137. The minimum atomic E-state index is -4.60. The normalized spacial score (nSPS) is 15.3. The number of rotatable bonds is 9. The molecule has 2 aliphatic heterocycles. The van der Waals surface area contributed by atoms with Gasteiger partial charge in [-0.25, -0.2) is 9.97 Å². The summed E-state index contributed by atoms with van der Waals surface area (Å²) >= 11 is 6.13. The molecule has 0 bridgehead atoms. The molecule has 0 aliphatic carbocycles. The number of nitrogens with one attached hydrogen (secondary N) is 3. The number of carbonyl (C=O) groups excluding carboxylic acids is 2. The highest BCUT2D eigenvalue weighted by Crippen LogP contribution is 2.34. The number of H-pyrrole nitrogens is 1. The van der Waals surface area contributed by atoms with E-state index in [2.05, 4.69) is 35.7 Å². The van der Waals surface area contributed by atoms with Crippen LogP contribution in [-0.4, -0.2) is 96.8 Å². The molecule has 3 N–H and O–H groups in total. The minimum Gasteiger partial charge on any atom is -0.377 e. The number of ether oxygens (including phenoxy) is 1. The third-order valence-electron chi connectivity index (χ3n) is 8.99. The zero-order valence-electron chi connectivity index (χ0n) is 27.8. The van der Waals surface area contributed by atoms with E-state index in [9.17, 15) is 27.6 Å². The SMILES string of the molecule is CCc1c(N2CCN(C(=O)CNc3ncnc4[nH]ccc34)CC2)c(=O)n2nc(C3=CCOCC3)nc2n1CC(=O)Nc1ccc(C(F)(F)F)cc1Cl. The average molecular weight is 740 g/mol. The standard InChI is InChI=1S/C33H33ClF3N11O4/c1-2-24-27(46-11-9-45(10-12-46)26(50)16-39-30-21-5-8-38-29(21)40-18-41-30)31(51)48-32(43-28(44-48)19-6-13-52-14-7-19)47(24)17-25(49)42-23-4-3-20(15-22(23)34)33(35,36)37/h3-6,8,15,18H,2,7,9-14,16-17H2,1H3,(H,42,49)(H2,38,39,40,41). The third-order valence-corrected chi connectivity index (χ3v) is 9.31. The first-order chi connectivity index (χ1) is 25.0. The molecule has 15 nitrogen and oxygen atoms in total. The molecule has 7 rings (SSSR count). The Labute approximate surface area is 298 Å². The molecule has 19 heteroatoms. The summed E-state index contributed by atoms with van der Waals surface area (Å²) in [5.41, 5.74) is 0.883.